The van der Waals surface area contributed by atoms with Gasteiger partial charge in [0.25, 0.3) is 0 Å². The predicted molar refractivity (Wildman–Crippen MR) is 85.6 cm³/mol. The molecule has 0 fully saturated rings. The molecular weight excluding hydrogens is 346 g/mol. The molecule has 0 N–H and O–H groups in total. The Morgan fingerprint density at radius 3 is 2.26 bits per heavy atom. The molecule has 3 rings (SSSR count). The molecule has 0 amide bonds. The fourth-order valence-electron chi connectivity index (χ4n) is 1.91. The summed E-state index contributed by atoms with van der Waals surface area (Å²) in [5.74, 6) is 0. The monoisotopic (exact) mass is 348 g/mol. The average molecular weight is 350 g/mol. The molecule has 0 saturated heterocycles. The van der Waals surface area contributed by atoms with E-state index in [0.29, 0.717) is 40.3 Å². The van der Waals surface area contributed by atoms with E-state index in [4.69, 9.17) is 46.4 Å². The zero-order valence-corrected chi connectivity index (χ0v) is 13.0. The Morgan fingerprint density at radius 1 is 0.842 bits per heavy atom. The second kappa shape index (κ2) is 4.80. The zero-order valence-electron chi connectivity index (χ0n) is 9.14. The first-order valence-corrected chi connectivity index (χ1v) is 7.51. The van der Waals surface area contributed by atoms with Crippen LogP contribution < -0.4 is 5.43 Å². The van der Waals surface area contributed by atoms with Crippen LogP contribution >= 0.6 is 57.7 Å². The summed E-state index contributed by atoms with van der Waals surface area (Å²) in [6.45, 7) is 0. The largest absolute Gasteiger partial charge is 0.288 e. The van der Waals surface area contributed by atoms with Crippen molar-refractivity contribution in [3.8, 4) is 0 Å². The highest BCUT2D eigenvalue weighted by atomic mass is 35.5. The van der Waals surface area contributed by atoms with Crippen LogP contribution in [0, 0.1) is 0 Å². The van der Waals surface area contributed by atoms with E-state index in [2.05, 4.69) is 0 Å². The number of fused-ring (bicyclic) bond motifs is 2. The van der Waals surface area contributed by atoms with Crippen LogP contribution in [0.4, 0.5) is 0 Å². The minimum atomic E-state index is -0.208. The highest BCUT2D eigenvalue weighted by Gasteiger charge is 2.14. The topological polar surface area (TPSA) is 17.1 Å². The summed E-state index contributed by atoms with van der Waals surface area (Å²) < 4.78 is 1.30. The Balaban J connectivity index is 2.69. The van der Waals surface area contributed by atoms with E-state index < -0.39 is 0 Å². The first-order chi connectivity index (χ1) is 8.99. The summed E-state index contributed by atoms with van der Waals surface area (Å²) in [5, 5.41) is 2.57. The molecule has 0 saturated carbocycles. The Hall–Kier alpha value is -0.510. The van der Waals surface area contributed by atoms with Gasteiger partial charge in [0.2, 0.25) is 0 Å². The normalized spacial score (nSPS) is 11.4. The fraction of sp³-hybridized carbons (Fsp3) is 0. The Labute approximate surface area is 132 Å². The van der Waals surface area contributed by atoms with Crippen LogP contribution in [-0.2, 0) is 0 Å². The van der Waals surface area contributed by atoms with Gasteiger partial charge in [-0.3, -0.25) is 4.79 Å². The van der Waals surface area contributed by atoms with Crippen molar-refractivity contribution in [2.75, 3.05) is 0 Å². The van der Waals surface area contributed by atoms with Gasteiger partial charge in [-0.05, 0) is 24.3 Å². The molecule has 0 unspecified atom stereocenters. The summed E-state index contributed by atoms with van der Waals surface area (Å²) in [7, 11) is 0. The second-order valence-corrected chi connectivity index (χ2v) is 6.61. The summed E-state index contributed by atoms with van der Waals surface area (Å²) in [6, 6.07) is 6.47. The van der Waals surface area contributed by atoms with E-state index in [0.717, 1.165) is 0 Å². The lowest BCUT2D eigenvalue weighted by Gasteiger charge is -2.06. The molecule has 1 aromatic heterocycles. The third-order valence-electron chi connectivity index (χ3n) is 2.74. The quantitative estimate of drug-likeness (QED) is 0.453. The van der Waals surface area contributed by atoms with Crippen molar-refractivity contribution in [1.29, 1.82) is 0 Å². The predicted octanol–water partition coefficient (Wildman–Crippen LogP) is 6.03. The molecule has 1 nitrogen and oxygen atoms in total. The molecule has 0 bridgehead atoms. The van der Waals surface area contributed by atoms with Crippen LogP contribution in [0.5, 0.6) is 0 Å². The van der Waals surface area contributed by atoms with Gasteiger partial charge in [-0.2, -0.15) is 0 Å². The van der Waals surface area contributed by atoms with Crippen molar-refractivity contribution >= 4 is 77.9 Å². The molecule has 19 heavy (non-hydrogen) atoms. The molecule has 0 atom stereocenters. The van der Waals surface area contributed by atoms with E-state index in [-0.39, 0.29) is 5.43 Å². The van der Waals surface area contributed by atoms with E-state index in [1.165, 1.54) is 11.3 Å². The maximum absolute atomic E-state index is 12.5. The van der Waals surface area contributed by atoms with Crippen LogP contribution in [0.25, 0.3) is 20.2 Å². The van der Waals surface area contributed by atoms with Gasteiger partial charge in [0, 0.05) is 10.4 Å². The van der Waals surface area contributed by atoms with Gasteiger partial charge >= 0.3 is 0 Å². The van der Waals surface area contributed by atoms with E-state index in [1.807, 2.05) is 0 Å². The van der Waals surface area contributed by atoms with Crippen molar-refractivity contribution in [2.24, 2.45) is 0 Å². The summed E-state index contributed by atoms with van der Waals surface area (Å²) in [6.07, 6.45) is 0. The van der Waals surface area contributed by atoms with Crippen LogP contribution in [0.2, 0.25) is 20.1 Å². The molecule has 0 aliphatic carbocycles. The second-order valence-electron chi connectivity index (χ2n) is 3.93. The number of benzene rings is 2. The van der Waals surface area contributed by atoms with Crippen LogP contribution in [0.1, 0.15) is 0 Å². The molecule has 0 aliphatic heterocycles. The van der Waals surface area contributed by atoms with Gasteiger partial charge in [0.15, 0.2) is 5.43 Å². The Bertz CT molecular complexity index is 885. The van der Waals surface area contributed by atoms with E-state index >= 15 is 0 Å². The van der Waals surface area contributed by atoms with E-state index in [1.54, 1.807) is 24.3 Å². The Kier molecular flexibility index (Phi) is 3.40. The van der Waals surface area contributed by atoms with Crippen molar-refractivity contribution in [3.63, 3.8) is 0 Å². The highest BCUT2D eigenvalue weighted by Crippen LogP contribution is 2.37. The molecule has 2 aromatic carbocycles. The van der Waals surface area contributed by atoms with Crippen molar-refractivity contribution < 1.29 is 0 Å². The lowest BCUT2D eigenvalue weighted by Crippen LogP contribution is -2.02. The fourth-order valence-corrected chi connectivity index (χ4v) is 4.19. The lowest BCUT2D eigenvalue weighted by atomic mass is 10.2. The van der Waals surface area contributed by atoms with Crippen LogP contribution in [-0.4, -0.2) is 0 Å². The van der Waals surface area contributed by atoms with Gasteiger partial charge in [-0.15, -0.1) is 11.3 Å². The zero-order chi connectivity index (χ0) is 13.7. The van der Waals surface area contributed by atoms with Crippen molar-refractivity contribution in [1.82, 2.24) is 0 Å². The average Bonchev–Trinajstić information content (AvgIpc) is 2.35. The number of hydrogen-bond donors (Lipinski definition) is 0. The molecule has 0 spiro atoms. The Morgan fingerprint density at radius 2 is 1.53 bits per heavy atom. The van der Waals surface area contributed by atoms with Gasteiger partial charge in [0.1, 0.15) is 0 Å². The molecule has 3 aromatic rings. The van der Waals surface area contributed by atoms with Gasteiger partial charge in [-0.1, -0.05) is 46.4 Å². The van der Waals surface area contributed by atoms with Gasteiger partial charge < -0.3 is 0 Å². The number of hydrogen-bond acceptors (Lipinski definition) is 2. The minimum Gasteiger partial charge on any atom is -0.288 e. The molecule has 96 valence electrons. The number of rotatable bonds is 0. The van der Waals surface area contributed by atoms with Gasteiger partial charge in [-0.25, -0.2) is 0 Å². The molecule has 0 radical (unpaired) electrons. The maximum Gasteiger partial charge on any atom is 0.197 e. The number of halogens is 4. The summed E-state index contributed by atoms with van der Waals surface area (Å²) >= 11 is 25.6. The van der Waals surface area contributed by atoms with Crippen LogP contribution in [0.15, 0.2) is 29.1 Å². The summed E-state index contributed by atoms with van der Waals surface area (Å²) in [4.78, 5) is 12.5. The van der Waals surface area contributed by atoms with Crippen molar-refractivity contribution in [3.05, 3.63) is 54.6 Å². The van der Waals surface area contributed by atoms with Crippen LogP contribution in [0.3, 0.4) is 0 Å². The molecule has 1 heterocycles. The highest BCUT2D eigenvalue weighted by molar-refractivity contribution is 7.25. The third kappa shape index (κ3) is 2.12. The third-order valence-corrected chi connectivity index (χ3v) is 5.39. The maximum atomic E-state index is 12.5. The summed E-state index contributed by atoms with van der Waals surface area (Å²) in [5.41, 5.74) is -0.208. The minimum absolute atomic E-state index is 0.208. The first kappa shape index (κ1) is 13.5. The standard InChI is InChI=1S/C13H4Cl4OS/c14-5-3-6-11(18)10-7(15)1-2-8(16)13(10)19-12(6)9(17)4-5/h1-4H. The first-order valence-electron chi connectivity index (χ1n) is 5.18. The molecule has 6 heteroatoms. The molecule has 0 aliphatic rings. The van der Waals surface area contributed by atoms with E-state index in [9.17, 15) is 4.79 Å². The van der Waals surface area contributed by atoms with Crippen molar-refractivity contribution in [2.45, 2.75) is 0 Å². The lowest BCUT2D eigenvalue weighted by molar-refractivity contribution is 1.74. The van der Waals surface area contributed by atoms with Gasteiger partial charge in [0.05, 0.1) is 29.9 Å². The SMILES string of the molecule is O=c1c2cc(Cl)cc(Cl)c2sc2c(Cl)ccc(Cl)c12. The molecular formula is C13H4Cl4OS. The smallest absolute Gasteiger partial charge is 0.197 e.